The topological polar surface area (TPSA) is 43.2 Å². The molecule has 1 fully saturated rings. The van der Waals surface area contributed by atoms with Crippen LogP contribution in [0.1, 0.15) is 6.92 Å². The van der Waals surface area contributed by atoms with Crippen LogP contribution >= 0.6 is 0 Å². The molecule has 1 aromatic rings. The van der Waals surface area contributed by atoms with E-state index in [9.17, 15) is 0 Å². The van der Waals surface area contributed by atoms with Crippen molar-refractivity contribution in [2.75, 3.05) is 31.1 Å². The maximum Gasteiger partial charge on any atom is 0.0950 e. The number of rotatable bonds is 2. The molecule has 1 aliphatic rings. The molecule has 4 nitrogen and oxygen atoms in total. The number of hydrogen-bond donors (Lipinski definition) is 0. The van der Waals surface area contributed by atoms with Crippen LogP contribution in [0.15, 0.2) is 24.5 Å². The molecule has 0 N–H and O–H groups in total. The number of anilines is 1. The molecular formula is C12H16N4. The molecule has 0 spiro atoms. The van der Waals surface area contributed by atoms with E-state index in [0.717, 1.165) is 26.2 Å². The highest BCUT2D eigenvalue weighted by atomic mass is 15.3. The van der Waals surface area contributed by atoms with Gasteiger partial charge in [-0.2, -0.15) is 5.26 Å². The van der Waals surface area contributed by atoms with Gasteiger partial charge in [0.25, 0.3) is 0 Å². The molecule has 1 aliphatic heterocycles. The van der Waals surface area contributed by atoms with Crippen molar-refractivity contribution in [2.45, 2.75) is 13.0 Å². The lowest BCUT2D eigenvalue weighted by atomic mass is 10.2. The number of aromatic nitrogens is 1. The van der Waals surface area contributed by atoms with Gasteiger partial charge in [0, 0.05) is 44.3 Å². The summed E-state index contributed by atoms with van der Waals surface area (Å²) < 4.78 is 0. The zero-order valence-electron chi connectivity index (χ0n) is 9.50. The van der Waals surface area contributed by atoms with Crippen LogP contribution in [-0.2, 0) is 0 Å². The van der Waals surface area contributed by atoms with Gasteiger partial charge in [0.2, 0.25) is 0 Å². The molecule has 1 unspecified atom stereocenters. The lowest BCUT2D eigenvalue weighted by Gasteiger charge is -2.37. The molecule has 0 radical (unpaired) electrons. The minimum Gasteiger partial charge on any atom is -0.369 e. The number of pyridine rings is 1. The van der Waals surface area contributed by atoms with Crippen LogP contribution in [0.3, 0.4) is 0 Å². The van der Waals surface area contributed by atoms with Gasteiger partial charge in [0.05, 0.1) is 12.1 Å². The van der Waals surface area contributed by atoms with Crippen LogP contribution in [0.2, 0.25) is 0 Å². The number of hydrogen-bond acceptors (Lipinski definition) is 4. The number of piperazine rings is 1. The standard InChI is InChI=1S/C12H16N4/c1-11(10-13)15-6-8-16(9-7-15)12-2-4-14-5-3-12/h2-5,11H,6-9H2,1H3. The smallest absolute Gasteiger partial charge is 0.0950 e. The van der Waals surface area contributed by atoms with Crippen LogP contribution in [-0.4, -0.2) is 42.1 Å². The van der Waals surface area contributed by atoms with Crippen molar-refractivity contribution >= 4 is 5.69 Å². The molecule has 0 aromatic carbocycles. The molecule has 4 heteroatoms. The fraction of sp³-hybridized carbons (Fsp3) is 0.500. The minimum atomic E-state index is 0.0274. The molecule has 2 heterocycles. The Balaban J connectivity index is 1.94. The summed E-state index contributed by atoms with van der Waals surface area (Å²) in [6.07, 6.45) is 3.64. The highest BCUT2D eigenvalue weighted by Crippen LogP contribution is 2.15. The van der Waals surface area contributed by atoms with Crippen LogP contribution < -0.4 is 4.90 Å². The second-order valence-corrected chi connectivity index (χ2v) is 4.03. The van der Waals surface area contributed by atoms with E-state index in [1.165, 1.54) is 5.69 Å². The first-order valence-corrected chi connectivity index (χ1v) is 5.60. The van der Waals surface area contributed by atoms with Crippen molar-refractivity contribution in [2.24, 2.45) is 0 Å². The Morgan fingerprint density at radius 1 is 1.25 bits per heavy atom. The molecule has 1 atom stereocenters. The average Bonchev–Trinajstić information content (AvgIpc) is 2.39. The summed E-state index contributed by atoms with van der Waals surface area (Å²) in [7, 11) is 0. The third-order valence-corrected chi connectivity index (χ3v) is 3.08. The molecule has 0 bridgehead atoms. The van der Waals surface area contributed by atoms with Crippen LogP contribution in [0.5, 0.6) is 0 Å². The summed E-state index contributed by atoms with van der Waals surface area (Å²) in [5.41, 5.74) is 1.22. The van der Waals surface area contributed by atoms with Gasteiger partial charge < -0.3 is 4.90 Å². The normalized spacial score (nSPS) is 19.1. The molecule has 1 aromatic heterocycles. The Kier molecular flexibility index (Phi) is 3.37. The summed E-state index contributed by atoms with van der Waals surface area (Å²) in [5.74, 6) is 0. The maximum atomic E-state index is 8.86. The lowest BCUT2D eigenvalue weighted by molar-refractivity contribution is 0.231. The highest BCUT2D eigenvalue weighted by Gasteiger charge is 2.20. The second kappa shape index (κ2) is 4.95. The van der Waals surface area contributed by atoms with Gasteiger partial charge in [-0.05, 0) is 19.1 Å². The van der Waals surface area contributed by atoms with E-state index in [1.807, 2.05) is 31.5 Å². The zero-order chi connectivity index (χ0) is 11.4. The highest BCUT2D eigenvalue weighted by molar-refractivity contribution is 5.44. The first-order chi connectivity index (χ1) is 7.81. The molecule has 2 rings (SSSR count). The first kappa shape index (κ1) is 10.9. The van der Waals surface area contributed by atoms with Crippen molar-refractivity contribution in [3.05, 3.63) is 24.5 Å². The van der Waals surface area contributed by atoms with E-state index in [0.29, 0.717) is 0 Å². The predicted molar refractivity (Wildman–Crippen MR) is 63.1 cm³/mol. The first-order valence-electron chi connectivity index (χ1n) is 5.60. The van der Waals surface area contributed by atoms with Crippen LogP contribution in [0, 0.1) is 11.3 Å². The van der Waals surface area contributed by atoms with E-state index >= 15 is 0 Å². The van der Waals surface area contributed by atoms with E-state index in [4.69, 9.17) is 5.26 Å². The van der Waals surface area contributed by atoms with Gasteiger partial charge in [-0.25, -0.2) is 0 Å². The summed E-state index contributed by atoms with van der Waals surface area (Å²) in [6, 6.07) is 6.38. The summed E-state index contributed by atoms with van der Waals surface area (Å²) in [5, 5.41) is 8.86. The van der Waals surface area contributed by atoms with E-state index in [2.05, 4.69) is 20.9 Å². The predicted octanol–water partition coefficient (Wildman–Crippen LogP) is 1.12. The molecule has 1 saturated heterocycles. The van der Waals surface area contributed by atoms with Crippen molar-refractivity contribution in [1.29, 1.82) is 5.26 Å². The lowest BCUT2D eigenvalue weighted by Crippen LogP contribution is -2.49. The molecule has 0 aliphatic carbocycles. The Morgan fingerprint density at radius 3 is 2.44 bits per heavy atom. The van der Waals surface area contributed by atoms with E-state index in [-0.39, 0.29) is 6.04 Å². The third kappa shape index (κ3) is 2.31. The van der Waals surface area contributed by atoms with Gasteiger partial charge in [-0.3, -0.25) is 9.88 Å². The van der Waals surface area contributed by atoms with Gasteiger partial charge in [-0.1, -0.05) is 0 Å². The van der Waals surface area contributed by atoms with Crippen molar-refractivity contribution in [1.82, 2.24) is 9.88 Å². The molecule has 0 amide bonds. The number of nitriles is 1. The Bertz CT molecular complexity index is 362. The summed E-state index contributed by atoms with van der Waals surface area (Å²) in [6.45, 7) is 5.84. The van der Waals surface area contributed by atoms with Crippen LogP contribution in [0.25, 0.3) is 0 Å². The number of nitrogens with zero attached hydrogens (tertiary/aromatic N) is 4. The third-order valence-electron chi connectivity index (χ3n) is 3.08. The fourth-order valence-corrected chi connectivity index (χ4v) is 2.00. The summed E-state index contributed by atoms with van der Waals surface area (Å²) >= 11 is 0. The van der Waals surface area contributed by atoms with Gasteiger partial charge >= 0.3 is 0 Å². The molecular weight excluding hydrogens is 200 g/mol. The van der Waals surface area contributed by atoms with Crippen molar-refractivity contribution in [3.63, 3.8) is 0 Å². The van der Waals surface area contributed by atoms with Gasteiger partial charge in [0.1, 0.15) is 0 Å². The van der Waals surface area contributed by atoms with Gasteiger partial charge in [0.15, 0.2) is 0 Å². The average molecular weight is 216 g/mol. The van der Waals surface area contributed by atoms with Crippen molar-refractivity contribution < 1.29 is 0 Å². The Morgan fingerprint density at radius 2 is 1.88 bits per heavy atom. The molecule has 0 saturated carbocycles. The largest absolute Gasteiger partial charge is 0.369 e. The van der Waals surface area contributed by atoms with E-state index in [1.54, 1.807) is 0 Å². The second-order valence-electron chi connectivity index (χ2n) is 4.03. The monoisotopic (exact) mass is 216 g/mol. The SMILES string of the molecule is CC(C#N)N1CCN(c2ccncc2)CC1. The summed E-state index contributed by atoms with van der Waals surface area (Å²) in [4.78, 5) is 8.57. The Labute approximate surface area is 96.1 Å². The zero-order valence-corrected chi connectivity index (χ0v) is 9.50. The maximum absolute atomic E-state index is 8.86. The van der Waals surface area contributed by atoms with Crippen molar-refractivity contribution in [3.8, 4) is 6.07 Å². The van der Waals surface area contributed by atoms with Gasteiger partial charge in [-0.15, -0.1) is 0 Å². The minimum absolute atomic E-state index is 0.0274. The van der Waals surface area contributed by atoms with E-state index < -0.39 is 0 Å². The quantitative estimate of drug-likeness (QED) is 0.743. The fourth-order valence-electron chi connectivity index (χ4n) is 2.00. The molecule has 16 heavy (non-hydrogen) atoms. The molecule has 84 valence electrons. The van der Waals surface area contributed by atoms with Crippen LogP contribution in [0.4, 0.5) is 5.69 Å². The Hall–Kier alpha value is -1.60.